The van der Waals surface area contributed by atoms with E-state index in [0.29, 0.717) is 32.4 Å². The zero-order chi connectivity index (χ0) is 14.5. The van der Waals surface area contributed by atoms with Gasteiger partial charge in [-0.3, -0.25) is 14.4 Å². The molecule has 0 heterocycles. The Morgan fingerprint density at radius 3 is 2.16 bits per heavy atom. The molecule has 0 aromatic carbocycles. The van der Waals surface area contributed by atoms with Crippen molar-refractivity contribution in [2.75, 3.05) is 26.8 Å². The summed E-state index contributed by atoms with van der Waals surface area (Å²) in [6.07, 6.45) is 1.62. The number of carboxylic acids is 1. The molecular formula is C12H22N2O5. The average Bonchev–Trinajstić information content (AvgIpc) is 2.35. The quantitative estimate of drug-likeness (QED) is 0.456. The number of nitrogens with one attached hydrogen (secondary N) is 2. The lowest BCUT2D eigenvalue weighted by Gasteiger charge is -2.06. The van der Waals surface area contributed by atoms with E-state index in [-0.39, 0.29) is 31.2 Å². The van der Waals surface area contributed by atoms with Crippen LogP contribution in [-0.2, 0) is 19.1 Å². The second-order valence-electron chi connectivity index (χ2n) is 4.04. The molecule has 0 aliphatic heterocycles. The van der Waals surface area contributed by atoms with Crippen molar-refractivity contribution in [1.29, 1.82) is 0 Å². The summed E-state index contributed by atoms with van der Waals surface area (Å²) in [6.45, 7) is 1.21. The van der Waals surface area contributed by atoms with Crippen molar-refractivity contribution in [1.82, 2.24) is 10.6 Å². The number of hydrogen-bond donors (Lipinski definition) is 3. The van der Waals surface area contributed by atoms with E-state index in [1.54, 1.807) is 7.11 Å². The van der Waals surface area contributed by atoms with Gasteiger partial charge in [0.2, 0.25) is 11.8 Å². The summed E-state index contributed by atoms with van der Waals surface area (Å²) in [6, 6.07) is 0. The normalized spacial score (nSPS) is 9.95. The van der Waals surface area contributed by atoms with Crippen molar-refractivity contribution in [2.24, 2.45) is 0 Å². The lowest BCUT2D eigenvalue weighted by atomic mass is 10.2. The summed E-state index contributed by atoms with van der Waals surface area (Å²) in [5.74, 6) is -1.15. The minimum atomic E-state index is -0.854. The van der Waals surface area contributed by atoms with Crippen LogP contribution < -0.4 is 10.6 Å². The third-order valence-electron chi connectivity index (χ3n) is 2.35. The third-order valence-corrected chi connectivity index (χ3v) is 2.35. The average molecular weight is 274 g/mol. The molecule has 0 saturated heterocycles. The number of carbonyl (C=O) groups excluding carboxylic acids is 2. The van der Waals surface area contributed by atoms with Crippen LogP contribution in [0.3, 0.4) is 0 Å². The lowest BCUT2D eigenvalue weighted by molar-refractivity contribution is -0.137. The predicted octanol–water partition coefficient (Wildman–Crippen LogP) is -0.0997. The molecule has 0 unspecified atom stereocenters. The molecule has 0 aromatic rings. The SMILES string of the molecule is COCCNC(=O)CCNC(=O)CCCCC(=O)O. The van der Waals surface area contributed by atoms with E-state index < -0.39 is 5.97 Å². The number of amides is 2. The number of unbranched alkanes of at least 4 members (excludes halogenated alkanes) is 1. The topological polar surface area (TPSA) is 105 Å². The van der Waals surface area contributed by atoms with E-state index in [2.05, 4.69) is 10.6 Å². The first kappa shape index (κ1) is 17.4. The van der Waals surface area contributed by atoms with Crippen LogP contribution in [0.5, 0.6) is 0 Å². The Hall–Kier alpha value is -1.63. The van der Waals surface area contributed by atoms with Crippen LogP contribution >= 0.6 is 0 Å². The Morgan fingerprint density at radius 2 is 1.53 bits per heavy atom. The van der Waals surface area contributed by atoms with Crippen LogP contribution in [0, 0.1) is 0 Å². The molecule has 0 aromatic heterocycles. The summed E-state index contributed by atoms with van der Waals surface area (Å²) < 4.78 is 4.78. The molecule has 0 aliphatic carbocycles. The number of ether oxygens (including phenoxy) is 1. The minimum Gasteiger partial charge on any atom is -0.481 e. The standard InChI is InChI=1S/C12H22N2O5/c1-19-9-8-14-11(16)6-7-13-10(15)4-2-3-5-12(17)18/h2-9H2,1H3,(H,13,15)(H,14,16)(H,17,18). The fraction of sp³-hybridized carbons (Fsp3) is 0.750. The van der Waals surface area contributed by atoms with Crippen LogP contribution in [0.25, 0.3) is 0 Å². The first-order valence-corrected chi connectivity index (χ1v) is 6.30. The summed E-state index contributed by atoms with van der Waals surface area (Å²) in [5.41, 5.74) is 0. The van der Waals surface area contributed by atoms with Gasteiger partial charge in [0, 0.05) is 39.5 Å². The number of carboxylic acid groups (broad SMARTS) is 1. The van der Waals surface area contributed by atoms with E-state index in [9.17, 15) is 14.4 Å². The van der Waals surface area contributed by atoms with Crippen molar-refractivity contribution >= 4 is 17.8 Å². The maximum atomic E-state index is 11.3. The molecule has 0 atom stereocenters. The van der Waals surface area contributed by atoms with Gasteiger partial charge in [-0.15, -0.1) is 0 Å². The summed E-state index contributed by atoms with van der Waals surface area (Å²) >= 11 is 0. The molecule has 0 saturated carbocycles. The van der Waals surface area contributed by atoms with Gasteiger partial charge in [-0.25, -0.2) is 0 Å². The van der Waals surface area contributed by atoms with Crippen molar-refractivity contribution in [2.45, 2.75) is 32.1 Å². The first-order chi connectivity index (χ1) is 9.06. The van der Waals surface area contributed by atoms with E-state index in [4.69, 9.17) is 9.84 Å². The molecule has 19 heavy (non-hydrogen) atoms. The van der Waals surface area contributed by atoms with Gasteiger partial charge in [-0.2, -0.15) is 0 Å². The highest BCUT2D eigenvalue weighted by Gasteiger charge is 2.04. The molecule has 7 nitrogen and oxygen atoms in total. The minimum absolute atomic E-state index is 0.0786. The fourth-order valence-corrected chi connectivity index (χ4v) is 1.35. The Kier molecular flexibility index (Phi) is 10.5. The zero-order valence-corrected chi connectivity index (χ0v) is 11.2. The van der Waals surface area contributed by atoms with Crippen LogP contribution in [0.4, 0.5) is 0 Å². The van der Waals surface area contributed by atoms with Crippen molar-refractivity contribution in [3.63, 3.8) is 0 Å². The number of rotatable bonds is 11. The van der Waals surface area contributed by atoms with Crippen LogP contribution in [0.1, 0.15) is 32.1 Å². The van der Waals surface area contributed by atoms with Gasteiger partial charge >= 0.3 is 5.97 Å². The molecule has 0 spiro atoms. The van der Waals surface area contributed by atoms with E-state index >= 15 is 0 Å². The Bertz CT molecular complexity index is 294. The molecular weight excluding hydrogens is 252 g/mol. The first-order valence-electron chi connectivity index (χ1n) is 6.30. The fourth-order valence-electron chi connectivity index (χ4n) is 1.35. The Labute approximate surface area is 112 Å². The molecule has 2 amide bonds. The maximum Gasteiger partial charge on any atom is 0.303 e. The highest BCUT2D eigenvalue weighted by molar-refractivity contribution is 5.78. The van der Waals surface area contributed by atoms with Gasteiger partial charge in [0.1, 0.15) is 0 Å². The van der Waals surface area contributed by atoms with Gasteiger partial charge in [0.25, 0.3) is 0 Å². The van der Waals surface area contributed by atoms with Gasteiger partial charge in [0.05, 0.1) is 6.61 Å². The van der Waals surface area contributed by atoms with Gasteiger partial charge in [-0.1, -0.05) is 0 Å². The van der Waals surface area contributed by atoms with Crippen LogP contribution in [0.2, 0.25) is 0 Å². The highest BCUT2D eigenvalue weighted by atomic mass is 16.5. The van der Waals surface area contributed by atoms with Crippen LogP contribution in [-0.4, -0.2) is 49.7 Å². The van der Waals surface area contributed by atoms with Crippen molar-refractivity contribution < 1.29 is 24.2 Å². The van der Waals surface area contributed by atoms with Crippen molar-refractivity contribution in [3.05, 3.63) is 0 Å². The molecule has 0 fully saturated rings. The van der Waals surface area contributed by atoms with Gasteiger partial charge in [0.15, 0.2) is 0 Å². The number of aliphatic carboxylic acids is 1. The molecule has 0 bridgehead atoms. The second kappa shape index (κ2) is 11.5. The van der Waals surface area contributed by atoms with E-state index in [1.165, 1.54) is 0 Å². The highest BCUT2D eigenvalue weighted by Crippen LogP contribution is 1.99. The maximum absolute atomic E-state index is 11.3. The molecule has 0 rings (SSSR count). The Morgan fingerprint density at radius 1 is 0.947 bits per heavy atom. The third kappa shape index (κ3) is 12.6. The zero-order valence-electron chi connectivity index (χ0n) is 11.2. The molecule has 110 valence electrons. The molecule has 3 N–H and O–H groups in total. The smallest absolute Gasteiger partial charge is 0.303 e. The van der Waals surface area contributed by atoms with E-state index in [1.807, 2.05) is 0 Å². The van der Waals surface area contributed by atoms with Gasteiger partial charge in [-0.05, 0) is 12.8 Å². The summed E-state index contributed by atoms with van der Waals surface area (Å²) in [7, 11) is 1.55. The number of carbonyl (C=O) groups is 3. The molecule has 0 radical (unpaired) electrons. The predicted molar refractivity (Wildman–Crippen MR) is 68.6 cm³/mol. The largest absolute Gasteiger partial charge is 0.481 e. The van der Waals surface area contributed by atoms with Crippen molar-refractivity contribution in [3.8, 4) is 0 Å². The monoisotopic (exact) mass is 274 g/mol. The van der Waals surface area contributed by atoms with E-state index in [0.717, 1.165) is 0 Å². The number of hydrogen-bond acceptors (Lipinski definition) is 4. The second-order valence-corrected chi connectivity index (χ2v) is 4.04. The Balaban J connectivity index is 3.42. The summed E-state index contributed by atoms with van der Waals surface area (Å²) in [5, 5.41) is 13.7. The lowest BCUT2D eigenvalue weighted by Crippen LogP contribution is -2.32. The summed E-state index contributed by atoms with van der Waals surface area (Å²) in [4.78, 5) is 32.8. The van der Waals surface area contributed by atoms with Crippen LogP contribution in [0.15, 0.2) is 0 Å². The van der Waals surface area contributed by atoms with Gasteiger partial charge < -0.3 is 20.5 Å². The molecule has 0 aliphatic rings. The molecule has 7 heteroatoms. The number of methoxy groups -OCH3 is 1.